The van der Waals surface area contributed by atoms with Crippen LogP contribution >= 0.6 is 0 Å². The largest absolute Gasteiger partial charge is 0.490 e. The first-order valence-corrected chi connectivity index (χ1v) is 10.2. The number of hydrogen-bond donors (Lipinski definition) is 3. The first kappa shape index (κ1) is 20.3. The second-order valence-corrected chi connectivity index (χ2v) is 7.52. The van der Waals surface area contributed by atoms with Gasteiger partial charge in [0.2, 0.25) is 5.91 Å². The van der Waals surface area contributed by atoms with Gasteiger partial charge in [-0.2, -0.15) is 0 Å². The van der Waals surface area contributed by atoms with Gasteiger partial charge in [0.05, 0.1) is 13.2 Å². The summed E-state index contributed by atoms with van der Waals surface area (Å²) in [6, 6.07) is 19.7. The topological polar surface area (TPSA) is 82.0 Å². The van der Waals surface area contributed by atoms with Gasteiger partial charge < -0.3 is 20.3 Å². The van der Waals surface area contributed by atoms with E-state index in [1.54, 1.807) is 0 Å². The summed E-state index contributed by atoms with van der Waals surface area (Å²) in [5.41, 5.74) is 2.89. The number of fused-ring (bicyclic) bond motifs is 1. The number of nitrogens with zero attached hydrogens (tertiary/aromatic N) is 1. The van der Waals surface area contributed by atoms with Crippen molar-refractivity contribution in [3.05, 3.63) is 66.2 Å². The van der Waals surface area contributed by atoms with Gasteiger partial charge >= 0.3 is 0 Å². The van der Waals surface area contributed by atoms with E-state index in [0.717, 1.165) is 34.0 Å². The molecule has 6 nitrogen and oxygen atoms in total. The molecule has 156 valence electrons. The molecule has 1 aliphatic heterocycles. The van der Waals surface area contributed by atoms with Crippen LogP contribution in [0, 0.1) is 0 Å². The lowest BCUT2D eigenvalue weighted by Crippen LogP contribution is -2.50. The molecule has 1 heterocycles. The number of aliphatic hydroxyl groups excluding tert-OH is 2. The third-order valence-corrected chi connectivity index (χ3v) is 5.38. The molecule has 0 bridgehead atoms. The van der Waals surface area contributed by atoms with E-state index >= 15 is 0 Å². The van der Waals surface area contributed by atoms with Gasteiger partial charge in [-0.15, -0.1) is 0 Å². The van der Waals surface area contributed by atoms with Crippen LogP contribution in [-0.2, 0) is 11.4 Å². The molecular weight excluding hydrogens is 380 g/mol. The van der Waals surface area contributed by atoms with Crippen LogP contribution in [0.2, 0.25) is 0 Å². The molecule has 0 saturated carbocycles. The fraction of sp³-hybridized carbons (Fsp3) is 0.292. The fourth-order valence-electron chi connectivity index (χ4n) is 3.94. The number of rotatable bonds is 7. The van der Waals surface area contributed by atoms with Crippen LogP contribution in [0.25, 0.3) is 21.9 Å². The predicted octanol–water partition coefficient (Wildman–Crippen LogP) is 2.17. The molecule has 3 aromatic rings. The molecule has 30 heavy (non-hydrogen) atoms. The minimum Gasteiger partial charge on any atom is -0.490 e. The minimum absolute atomic E-state index is 0.0147. The number of hydrogen-bond acceptors (Lipinski definition) is 5. The lowest BCUT2D eigenvalue weighted by Gasteiger charge is -2.28. The second kappa shape index (κ2) is 9.26. The molecule has 3 N–H and O–H groups in total. The normalized spacial score (nSPS) is 15.7. The van der Waals surface area contributed by atoms with E-state index in [1.165, 1.54) is 0 Å². The summed E-state index contributed by atoms with van der Waals surface area (Å²) >= 11 is 0. The van der Waals surface area contributed by atoms with Crippen molar-refractivity contribution in [2.24, 2.45) is 0 Å². The molecule has 6 heteroatoms. The molecule has 1 aliphatic rings. The Labute approximate surface area is 175 Å². The zero-order chi connectivity index (χ0) is 20.9. The quantitative estimate of drug-likeness (QED) is 0.560. The minimum atomic E-state index is -0.690. The van der Waals surface area contributed by atoms with Crippen LogP contribution < -0.4 is 10.1 Å². The van der Waals surface area contributed by atoms with Crippen LogP contribution in [0.4, 0.5) is 0 Å². The van der Waals surface area contributed by atoms with Crippen molar-refractivity contribution in [1.82, 2.24) is 10.2 Å². The average Bonchev–Trinajstić information content (AvgIpc) is 2.77. The first-order valence-electron chi connectivity index (χ1n) is 10.2. The molecule has 1 fully saturated rings. The van der Waals surface area contributed by atoms with Gasteiger partial charge in [-0.05, 0) is 28.1 Å². The maximum atomic E-state index is 11.5. The molecule has 0 aliphatic carbocycles. The second-order valence-electron chi connectivity index (χ2n) is 7.52. The zero-order valence-corrected chi connectivity index (χ0v) is 16.8. The standard InChI is InChI=1S/C24H26N2O4/c27-15-17-5-1-2-6-19(17)21-9-10-23(22-8-4-3-7-20(21)22)30-16-18(28)13-26-12-11-25-24(29)14-26/h1-10,18,27-28H,11-16H2,(H,25,29). The van der Waals surface area contributed by atoms with E-state index in [2.05, 4.69) is 5.32 Å². The van der Waals surface area contributed by atoms with Gasteiger partial charge in [0.1, 0.15) is 18.5 Å². The highest BCUT2D eigenvalue weighted by atomic mass is 16.5. The lowest BCUT2D eigenvalue weighted by molar-refractivity contribution is -0.124. The van der Waals surface area contributed by atoms with Gasteiger partial charge in [0, 0.05) is 25.0 Å². The zero-order valence-electron chi connectivity index (χ0n) is 16.8. The van der Waals surface area contributed by atoms with Crippen LogP contribution in [0.1, 0.15) is 5.56 Å². The van der Waals surface area contributed by atoms with Gasteiger partial charge in [-0.3, -0.25) is 9.69 Å². The van der Waals surface area contributed by atoms with Crippen molar-refractivity contribution < 1.29 is 19.7 Å². The Morgan fingerprint density at radius 2 is 1.77 bits per heavy atom. The molecule has 0 aromatic heterocycles. The summed E-state index contributed by atoms with van der Waals surface area (Å²) < 4.78 is 5.97. The summed E-state index contributed by atoms with van der Waals surface area (Å²) in [5, 5.41) is 24.9. The molecular formula is C24H26N2O4. The highest BCUT2D eigenvalue weighted by Crippen LogP contribution is 2.36. The molecule has 1 amide bonds. The van der Waals surface area contributed by atoms with E-state index < -0.39 is 6.10 Å². The maximum absolute atomic E-state index is 11.5. The third kappa shape index (κ3) is 4.46. The number of amides is 1. The number of piperazine rings is 1. The van der Waals surface area contributed by atoms with Crippen LogP contribution in [0.15, 0.2) is 60.7 Å². The number of β-amino-alcohol motifs (C(OH)–C–C–N with tert-alkyl or cyclic N) is 1. The Bertz CT molecular complexity index is 1040. The monoisotopic (exact) mass is 406 g/mol. The number of nitrogens with one attached hydrogen (secondary N) is 1. The number of ether oxygens (including phenoxy) is 1. The summed E-state index contributed by atoms with van der Waals surface area (Å²) in [6.07, 6.45) is -0.690. The number of aliphatic hydroxyl groups is 2. The Morgan fingerprint density at radius 1 is 1.00 bits per heavy atom. The van der Waals surface area contributed by atoms with Crippen LogP contribution in [0.5, 0.6) is 5.75 Å². The molecule has 1 saturated heterocycles. The highest BCUT2D eigenvalue weighted by Gasteiger charge is 2.19. The maximum Gasteiger partial charge on any atom is 0.234 e. The summed E-state index contributed by atoms with van der Waals surface area (Å²) in [7, 11) is 0. The average molecular weight is 406 g/mol. The van der Waals surface area contributed by atoms with Crippen molar-refractivity contribution >= 4 is 16.7 Å². The third-order valence-electron chi connectivity index (χ3n) is 5.38. The van der Waals surface area contributed by atoms with E-state index in [4.69, 9.17) is 4.74 Å². The van der Waals surface area contributed by atoms with Crippen molar-refractivity contribution in [3.63, 3.8) is 0 Å². The van der Waals surface area contributed by atoms with Gasteiger partial charge in [0.25, 0.3) is 0 Å². The van der Waals surface area contributed by atoms with Gasteiger partial charge in [-0.1, -0.05) is 54.6 Å². The van der Waals surface area contributed by atoms with Crippen molar-refractivity contribution in [2.45, 2.75) is 12.7 Å². The smallest absolute Gasteiger partial charge is 0.234 e. The Kier molecular flexibility index (Phi) is 6.28. The summed E-state index contributed by atoms with van der Waals surface area (Å²) in [4.78, 5) is 13.4. The lowest BCUT2D eigenvalue weighted by atomic mass is 9.94. The SMILES string of the molecule is O=C1CN(CC(O)COc2ccc(-c3ccccc3CO)c3ccccc23)CCN1. The van der Waals surface area contributed by atoms with Crippen molar-refractivity contribution in [1.29, 1.82) is 0 Å². The van der Waals surface area contributed by atoms with E-state index in [-0.39, 0.29) is 19.1 Å². The molecule has 1 unspecified atom stereocenters. The number of benzene rings is 3. The highest BCUT2D eigenvalue weighted by molar-refractivity contribution is 6.00. The van der Waals surface area contributed by atoms with Crippen LogP contribution in [0.3, 0.4) is 0 Å². The van der Waals surface area contributed by atoms with Gasteiger partial charge in [0.15, 0.2) is 0 Å². The first-order chi connectivity index (χ1) is 14.7. The van der Waals surface area contributed by atoms with Gasteiger partial charge in [-0.25, -0.2) is 0 Å². The Hall–Kier alpha value is -2.93. The molecule has 0 radical (unpaired) electrons. The van der Waals surface area contributed by atoms with Crippen LogP contribution in [-0.4, -0.2) is 59.9 Å². The Balaban J connectivity index is 1.54. The fourth-order valence-corrected chi connectivity index (χ4v) is 3.94. The van der Waals surface area contributed by atoms with Crippen molar-refractivity contribution in [2.75, 3.05) is 32.8 Å². The number of carbonyl (C=O) groups excluding carboxylic acids is 1. The molecule has 1 atom stereocenters. The van der Waals surface area contributed by atoms with Crippen molar-refractivity contribution in [3.8, 4) is 16.9 Å². The molecule has 0 spiro atoms. The summed E-state index contributed by atoms with van der Waals surface area (Å²) in [6.45, 7) is 2.16. The molecule has 3 aromatic carbocycles. The predicted molar refractivity (Wildman–Crippen MR) is 116 cm³/mol. The van der Waals surface area contributed by atoms with E-state index in [0.29, 0.717) is 25.4 Å². The van der Waals surface area contributed by atoms with E-state index in [9.17, 15) is 15.0 Å². The number of carbonyl (C=O) groups is 1. The molecule has 4 rings (SSSR count). The Morgan fingerprint density at radius 3 is 2.57 bits per heavy atom. The summed E-state index contributed by atoms with van der Waals surface area (Å²) in [5.74, 6) is 0.686. The van der Waals surface area contributed by atoms with E-state index in [1.807, 2.05) is 65.6 Å².